The van der Waals surface area contributed by atoms with E-state index >= 15 is 0 Å². The number of ether oxygens (including phenoxy) is 2. The van der Waals surface area contributed by atoms with Crippen LogP contribution in [-0.2, 0) is 4.74 Å². The lowest BCUT2D eigenvalue weighted by Gasteiger charge is -2.09. The summed E-state index contributed by atoms with van der Waals surface area (Å²) >= 11 is 0. The van der Waals surface area contributed by atoms with Crippen LogP contribution in [0.4, 0.5) is 4.79 Å². The fourth-order valence-electron chi connectivity index (χ4n) is 2.88. The molecule has 2 aromatic heterocycles. The second-order valence-corrected chi connectivity index (χ2v) is 5.38. The minimum Gasteiger partial charge on any atom is -0.434 e. The second-order valence-electron chi connectivity index (χ2n) is 5.38. The standard InChI is InChI=1S/C19H16N2O3/c1-2-23-19(22)24-18-17-15(14-10-6-7-11-16(14)20-17)12-21(18)13-8-4-3-5-9-13/h3-12,20H,2H2,1H3. The van der Waals surface area contributed by atoms with Gasteiger partial charge in [0, 0.05) is 28.2 Å². The number of rotatable bonds is 3. The molecule has 4 rings (SSSR count). The Morgan fingerprint density at radius 2 is 1.79 bits per heavy atom. The molecule has 2 aromatic carbocycles. The molecule has 0 aliphatic heterocycles. The molecule has 0 aliphatic carbocycles. The fraction of sp³-hybridized carbons (Fsp3) is 0.105. The van der Waals surface area contributed by atoms with Crippen molar-refractivity contribution in [1.29, 1.82) is 0 Å². The van der Waals surface area contributed by atoms with E-state index in [9.17, 15) is 4.79 Å². The normalized spacial score (nSPS) is 11.0. The zero-order chi connectivity index (χ0) is 16.5. The van der Waals surface area contributed by atoms with Gasteiger partial charge in [-0.05, 0) is 25.1 Å². The first kappa shape index (κ1) is 14.4. The van der Waals surface area contributed by atoms with Crippen LogP contribution in [0.2, 0.25) is 0 Å². The number of hydrogen-bond donors (Lipinski definition) is 1. The van der Waals surface area contributed by atoms with Crippen LogP contribution in [0.25, 0.3) is 27.5 Å². The van der Waals surface area contributed by atoms with Crippen molar-refractivity contribution in [2.24, 2.45) is 0 Å². The zero-order valence-corrected chi connectivity index (χ0v) is 13.2. The van der Waals surface area contributed by atoms with Crippen LogP contribution in [0.1, 0.15) is 6.92 Å². The number of benzene rings is 2. The average Bonchev–Trinajstić information content (AvgIpc) is 3.13. The van der Waals surface area contributed by atoms with Crippen LogP contribution in [0.15, 0.2) is 60.8 Å². The number of hydrogen-bond acceptors (Lipinski definition) is 3. The number of carbonyl (C=O) groups excluding carboxylic acids is 1. The van der Waals surface area contributed by atoms with Crippen molar-refractivity contribution in [3.8, 4) is 11.6 Å². The Hall–Kier alpha value is -3.21. The van der Waals surface area contributed by atoms with E-state index < -0.39 is 6.16 Å². The zero-order valence-electron chi connectivity index (χ0n) is 13.2. The number of H-pyrrole nitrogens is 1. The average molecular weight is 320 g/mol. The first-order valence-electron chi connectivity index (χ1n) is 7.79. The van der Waals surface area contributed by atoms with Gasteiger partial charge in [0.2, 0.25) is 5.88 Å². The van der Waals surface area contributed by atoms with Crippen LogP contribution in [-0.4, -0.2) is 22.3 Å². The number of para-hydroxylation sites is 2. The van der Waals surface area contributed by atoms with Gasteiger partial charge in [0.25, 0.3) is 0 Å². The highest BCUT2D eigenvalue weighted by molar-refractivity contribution is 6.09. The molecule has 0 fully saturated rings. The quantitative estimate of drug-likeness (QED) is 0.559. The van der Waals surface area contributed by atoms with Crippen LogP contribution < -0.4 is 4.74 Å². The Bertz CT molecular complexity index is 1020. The molecule has 0 aliphatic rings. The minimum atomic E-state index is -0.715. The van der Waals surface area contributed by atoms with Gasteiger partial charge in [0.1, 0.15) is 5.52 Å². The van der Waals surface area contributed by atoms with Crippen molar-refractivity contribution in [2.75, 3.05) is 6.61 Å². The SMILES string of the molecule is CCOC(=O)Oc1c2[nH]c3ccccc3c2cn1-c1ccccc1. The third-order valence-corrected chi connectivity index (χ3v) is 3.91. The molecular weight excluding hydrogens is 304 g/mol. The maximum absolute atomic E-state index is 11.9. The number of nitrogens with one attached hydrogen (secondary N) is 1. The summed E-state index contributed by atoms with van der Waals surface area (Å²) < 4.78 is 12.3. The van der Waals surface area contributed by atoms with Gasteiger partial charge in [-0.1, -0.05) is 36.4 Å². The van der Waals surface area contributed by atoms with E-state index in [2.05, 4.69) is 4.98 Å². The summed E-state index contributed by atoms with van der Waals surface area (Å²) in [6.45, 7) is 2.01. The van der Waals surface area contributed by atoms with E-state index in [1.165, 1.54) is 0 Å². The monoisotopic (exact) mass is 320 g/mol. The fourth-order valence-corrected chi connectivity index (χ4v) is 2.88. The number of aromatic amines is 1. The van der Waals surface area contributed by atoms with E-state index in [4.69, 9.17) is 9.47 Å². The molecule has 0 saturated heterocycles. The summed E-state index contributed by atoms with van der Waals surface area (Å²) in [5.74, 6) is 0.422. The molecule has 1 N–H and O–H groups in total. The summed E-state index contributed by atoms with van der Waals surface area (Å²) in [6, 6.07) is 17.7. The first-order chi connectivity index (χ1) is 11.8. The largest absolute Gasteiger partial charge is 0.515 e. The Morgan fingerprint density at radius 1 is 1.04 bits per heavy atom. The molecule has 120 valence electrons. The van der Waals surface area contributed by atoms with Gasteiger partial charge in [-0.25, -0.2) is 4.79 Å². The number of aromatic nitrogens is 2. The highest BCUT2D eigenvalue weighted by atomic mass is 16.7. The number of carbonyl (C=O) groups is 1. The lowest BCUT2D eigenvalue weighted by Crippen LogP contribution is -2.12. The van der Waals surface area contributed by atoms with Crippen molar-refractivity contribution in [1.82, 2.24) is 9.55 Å². The van der Waals surface area contributed by atoms with Gasteiger partial charge in [-0.2, -0.15) is 0 Å². The van der Waals surface area contributed by atoms with Crippen LogP contribution in [0.3, 0.4) is 0 Å². The van der Waals surface area contributed by atoms with Gasteiger partial charge in [-0.15, -0.1) is 0 Å². The Balaban J connectivity index is 1.94. The van der Waals surface area contributed by atoms with E-state index in [1.807, 2.05) is 65.4 Å². The summed E-state index contributed by atoms with van der Waals surface area (Å²) in [5.41, 5.74) is 2.68. The molecular formula is C19H16N2O3. The van der Waals surface area contributed by atoms with E-state index in [0.717, 1.165) is 27.5 Å². The van der Waals surface area contributed by atoms with Crippen LogP contribution >= 0.6 is 0 Å². The van der Waals surface area contributed by atoms with Gasteiger partial charge in [0.15, 0.2) is 0 Å². The van der Waals surface area contributed by atoms with Crippen molar-refractivity contribution in [3.63, 3.8) is 0 Å². The van der Waals surface area contributed by atoms with Gasteiger partial charge in [0.05, 0.1) is 6.61 Å². The first-order valence-corrected chi connectivity index (χ1v) is 7.79. The molecule has 0 atom stereocenters. The third-order valence-electron chi connectivity index (χ3n) is 3.91. The Kier molecular flexibility index (Phi) is 3.46. The summed E-state index contributed by atoms with van der Waals surface area (Å²) in [7, 11) is 0. The van der Waals surface area contributed by atoms with Crippen molar-refractivity contribution in [3.05, 3.63) is 60.8 Å². The molecule has 0 saturated carbocycles. The van der Waals surface area contributed by atoms with Gasteiger partial charge in [-0.3, -0.25) is 4.57 Å². The molecule has 0 spiro atoms. The molecule has 0 bridgehead atoms. The van der Waals surface area contributed by atoms with Crippen molar-refractivity contribution >= 4 is 28.0 Å². The van der Waals surface area contributed by atoms with E-state index in [-0.39, 0.29) is 6.61 Å². The predicted molar refractivity (Wildman–Crippen MR) is 92.8 cm³/mol. The number of fused-ring (bicyclic) bond motifs is 3. The van der Waals surface area contributed by atoms with Crippen LogP contribution in [0, 0.1) is 0 Å². The molecule has 5 nitrogen and oxygen atoms in total. The maximum Gasteiger partial charge on any atom is 0.515 e. The van der Waals surface area contributed by atoms with Crippen molar-refractivity contribution < 1.29 is 14.3 Å². The second kappa shape index (κ2) is 5.77. The third kappa shape index (κ3) is 2.31. The molecule has 4 aromatic rings. The Morgan fingerprint density at radius 3 is 2.58 bits per heavy atom. The molecule has 0 radical (unpaired) electrons. The highest BCUT2D eigenvalue weighted by Gasteiger charge is 2.19. The maximum atomic E-state index is 11.9. The lowest BCUT2D eigenvalue weighted by molar-refractivity contribution is 0.102. The lowest BCUT2D eigenvalue weighted by atomic mass is 10.2. The molecule has 2 heterocycles. The highest BCUT2D eigenvalue weighted by Crippen LogP contribution is 2.35. The van der Waals surface area contributed by atoms with E-state index in [1.54, 1.807) is 6.92 Å². The molecule has 24 heavy (non-hydrogen) atoms. The van der Waals surface area contributed by atoms with E-state index in [0.29, 0.717) is 5.88 Å². The smallest absolute Gasteiger partial charge is 0.434 e. The molecule has 5 heteroatoms. The van der Waals surface area contributed by atoms with Gasteiger partial charge < -0.3 is 14.5 Å². The number of nitrogens with zero attached hydrogens (tertiary/aromatic N) is 1. The molecule has 0 amide bonds. The molecule has 0 unspecified atom stereocenters. The topological polar surface area (TPSA) is 56.2 Å². The minimum absolute atomic E-state index is 0.265. The summed E-state index contributed by atoms with van der Waals surface area (Å²) in [5, 5.41) is 2.07. The van der Waals surface area contributed by atoms with Gasteiger partial charge >= 0.3 is 6.16 Å². The Labute approximate surface area is 138 Å². The van der Waals surface area contributed by atoms with Crippen molar-refractivity contribution in [2.45, 2.75) is 6.92 Å². The van der Waals surface area contributed by atoms with Crippen LogP contribution in [0.5, 0.6) is 5.88 Å². The predicted octanol–water partition coefficient (Wildman–Crippen LogP) is 4.65. The summed E-state index contributed by atoms with van der Waals surface area (Å²) in [6.07, 6.45) is 1.26. The summed E-state index contributed by atoms with van der Waals surface area (Å²) in [4.78, 5) is 15.2.